The fraction of sp³-hybridized carbons (Fsp3) is 0.500. The van der Waals surface area contributed by atoms with Crippen molar-refractivity contribution in [3.63, 3.8) is 0 Å². The van der Waals surface area contributed by atoms with E-state index in [0.717, 1.165) is 22.6 Å². The molecule has 0 unspecified atom stereocenters. The minimum atomic E-state index is -3.72. The first-order valence-electron chi connectivity index (χ1n) is 11.6. The lowest BCUT2D eigenvalue weighted by molar-refractivity contribution is -0.133. The molecular weight excluding hydrogens is 472 g/mol. The lowest BCUT2D eigenvalue weighted by Crippen LogP contribution is -2.52. The number of hydrogen-bond donors (Lipinski definition) is 1. The first-order chi connectivity index (χ1) is 16.2. The lowest BCUT2D eigenvalue weighted by Gasteiger charge is -2.34. The molecule has 34 heavy (non-hydrogen) atoms. The van der Waals surface area contributed by atoms with E-state index in [1.807, 2.05) is 43.3 Å². The van der Waals surface area contributed by atoms with Gasteiger partial charge in [-0.3, -0.25) is 9.59 Å². The van der Waals surface area contributed by atoms with Crippen LogP contribution in [0.3, 0.4) is 0 Å². The highest BCUT2D eigenvalue weighted by atomic mass is 32.2. The van der Waals surface area contributed by atoms with E-state index in [9.17, 15) is 18.0 Å². The summed E-state index contributed by atoms with van der Waals surface area (Å²) in [6.45, 7) is 5.14. The summed E-state index contributed by atoms with van der Waals surface area (Å²) in [5, 5.41) is 4.29. The van der Waals surface area contributed by atoms with Crippen LogP contribution in [0.2, 0.25) is 0 Å². The smallest absolute Gasteiger partial charge is 0.270 e. The molecule has 2 aromatic rings. The van der Waals surface area contributed by atoms with Gasteiger partial charge in [0.2, 0.25) is 15.9 Å². The summed E-state index contributed by atoms with van der Waals surface area (Å²) in [5.41, 5.74) is 0.955. The highest BCUT2D eigenvalue weighted by Gasteiger charge is 2.31. The number of sulfonamides is 1. The Kier molecular flexibility index (Phi) is 8.83. The van der Waals surface area contributed by atoms with Gasteiger partial charge in [-0.25, -0.2) is 8.42 Å². The number of carbonyl (C=O) groups is 2. The number of rotatable bonds is 9. The molecule has 2 aromatic carbocycles. The van der Waals surface area contributed by atoms with Gasteiger partial charge in [-0.15, -0.1) is 0 Å². The van der Waals surface area contributed by atoms with Crippen LogP contribution < -0.4 is 10.2 Å². The zero-order valence-corrected chi connectivity index (χ0v) is 22.0. The third-order valence-corrected chi connectivity index (χ3v) is 10.4. The van der Waals surface area contributed by atoms with Gasteiger partial charge in [0.15, 0.2) is 5.75 Å². The Morgan fingerprint density at radius 1 is 0.971 bits per heavy atom. The van der Waals surface area contributed by atoms with E-state index in [2.05, 4.69) is 19.2 Å². The highest BCUT2D eigenvalue weighted by molar-refractivity contribution is 7.97. The zero-order valence-electron chi connectivity index (χ0n) is 20.4. The normalized spacial score (nSPS) is 15.0. The van der Waals surface area contributed by atoms with Gasteiger partial charge in [0, 0.05) is 56.7 Å². The second-order valence-electron chi connectivity index (χ2n) is 8.42. The molecule has 1 N–H and O–H groups in total. The number of nitrogens with one attached hydrogen (secondary N) is 1. The number of amides is 2. The summed E-state index contributed by atoms with van der Waals surface area (Å²) in [7, 11) is 0.197. The van der Waals surface area contributed by atoms with E-state index in [-0.39, 0.29) is 47.2 Å². The molecule has 186 valence electrons. The van der Waals surface area contributed by atoms with Crippen LogP contribution in [0.4, 0.5) is 5.69 Å². The predicted octanol–water partition coefficient (Wildman–Crippen LogP) is 1.51. The molecule has 1 aliphatic heterocycles. The maximum absolute atomic E-state index is 13.5. The van der Waals surface area contributed by atoms with Gasteiger partial charge in [-0.2, -0.15) is 4.31 Å². The summed E-state index contributed by atoms with van der Waals surface area (Å²) in [5.74, 6) is 2.09. The maximum atomic E-state index is 13.5. The molecule has 2 amide bonds. The molecule has 0 atom stereocenters. The van der Waals surface area contributed by atoms with E-state index >= 15 is 0 Å². The molecule has 1 saturated heterocycles. The molecule has 1 aliphatic rings. The van der Waals surface area contributed by atoms with Crippen LogP contribution in [0.1, 0.15) is 13.8 Å². The molecule has 1 fully saturated rings. The van der Waals surface area contributed by atoms with Crippen LogP contribution in [0, 0.1) is 0 Å². The minimum absolute atomic E-state index is 0.0488. The van der Waals surface area contributed by atoms with Gasteiger partial charge in [0.25, 0.3) is 5.91 Å². The number of fused-ring (bicyclic) bond motifs is 1. The zero-order chi connectivity index (χ0) is 24.9. The molecule has 8 nitrogen and oxygen atoms in total. The van der Waals surface area contributed by atoms with Gasteiger partial charge < -0.3 is 15.1 Å². The van der Waals surface area contributed by atoms with Crippen molar-refractivity contribution in [1.29, 1.82) is 0 Å². The van der Waals surface area contributed by atoms with Gasteiger partial charge in [-0.1, -0.05) is 24.3 Å². The number of anilines is 1. The fourth-order valence-electron chi connectivity index (χ4n) is 4.13. The minimum Gasteiger partial charge on any atom is -0.377 e. The molecule has 0 spiro atoms. The van der Waals surface area contributed by atoms with Gasteiger partial charge in [-0.05, 0) is 36.9 Å². The van der Waals surface area contributed by atoms with Crippen molar-refractivity contribution < 1.29 is 18.0 Å². The second kappa shape index (κ2) is 11.4. The predicted molar refractivity (Wildman–Crippen MR) is 140 cm³/mol. The van der Waals surface area contributed by atoms with Gasteiger partial charge >= 0.3 is 0 Å². The monoisotopic (exact) mass is 507 g/mol. The van der Waals surface area contributed by atoms with E-state index in [1.54, 1.807) is 17.0 Å². The van der Waals surface area contributed by atoms with Crippen molar-refractivity contribution in [3.05, 3.63) is 36.4 Å². The van der Waals surface area contributed by atoms with E-state index in [1.165, 1.54) is 4.31 Å². The summed E-state index contributed by atoms with van der Waals surface area (Å²) >= 11 is 0. The van der Waals surface area contributed by atoms with Crippen LogP contribution in [0.15, 0.2) is 41.3 Å². The lowest BCUT2D eigenvalue weighted by atomic mass is 10.1. The number of nitrogens with zero attached hydrogens (tertiary/aromatic N) is 3. The quantitative estimate of drug-likeness (QED) is 0.520. The topological polar surface area (TPSA) is 90.0 Å². The third-order valence-electron chi connectivity index (χ3n) is 6.14. The van der Waals surface area contributed by atoms with Crippen molar-refractivity contribution in [2.45, 2.75) is 18.7 Å². The number of piperazine rings is 1. The third kappa shape index (κ3) is 5.84. The Morgan fingerprint density at radius 2 is 1.59 bits per heavy atom. The van der Waals surface area contributed by atoms with Crippen molar-refractivity contribution in [1.82, 2.24) is 14.5 Å². The first-order valence-corrected chi connectivity index (χ1v) is 14.7. The fourth-order valence-corrected chi connectivity index (χ4v) is 7.05. The molecule has 0 aromatic heterocycles. The van der Waals surface area contributed by atoms with Crippen LogP contribution >= 0.6 is 0 Å². The maximum Gasteiger partial charge on any atom is 0.270 e. The van der Waals surface area contributed by atoms with Gasteiger partial charge in [0.05, 0.1) is 11.4 Å². The Balaban J connectivity index is 1.64. The van der Waals surface area contributed by atoms with Crippen molar-refractivity contribution >= 4 is 49.2 Å². The molecule has 0 aliphatic carbocycles. The Hall–Kier alpha value is -2.30. The number of hydrogen-bond acceptors (Lipinski definition) is 5. The number of carbonyl (C=O) groups excluding carboxylic acids is 2. The molecule has 10 heteroatoms. The standard InChI is InChI=1S/C24H34N4O4S2/c1-5-33(6-2)18-23(29)25-17-24(30)27-13-15-28(16-14-27)34(31,32)22-12-8-9-19-20(22)10-7-11-21(19)26(3)4/h7-12H,5-6,13-18H2,1-4H3/p+1. The summed E-state index contributed by atoms with van der Waals surface area (Å²) in [6, 6.07) is 11.0. The Bertz CT molecular complexity index is 1120. The molecule has 1 heterocycles. The van der Waals surface area contributed by atoms with E-state index < -0.39 is 10.0 Å². The summed E-state index contributed by atoms with van der Waals surface area (Å²) < 4.78 is 28.4. The average molecular weight is 508 g/mol. The summed E-state index contributed by atoms with van der Waals surface area (Å²) in [4.78, 5) is 28.5. The summed E-state index contributed by atoms with van der Waals surface area (Å²) in [6.07, 6.45) is 0. The average Bonchev–Trinajstić information content (AvgIpc) is 2.84. The van der Waals surface area contributed by atoms with Crippen LogP contribution in [-0.4, -0.2) is 93.5 Å². The van der Waals surface area contributed by atoms with Crippen molar-refractivity contribution in [2.75, 3.05) is 69.0 Å². The molecule has 0 bridgehead atoms. The molecule has 0 saturated carbocycles. The number of benzene rings is 2. The van der Waals surface area contributed by atoms with Crippen molar-refractivity contribution in [2.24, 2.45) is 0 Å². The van der Waals surface area contributed by atoms with Crippen LogP contribution in [-0.2, 0) is 30.5 Å². The van der Waals surface area contributed by atoms with Crippen molar-refractivity contribution in [3.8, 4) is 0 Å². The molecule has 3 rings (SSSR count). The molecule has 0 radical (unpaired) electrons. The molecular formula is C24H35N4O4S2+. The largest absolute Gasteiger partial charge is 0.377 e. The van der Waals surface area contributed by atoms with Crippen LogP contribution in [0.5, 0.6) is 0 Å². The SMILES string of the molecule is CC[S+](CC)CC(=O)NCC(=O)N1CCN(S(=O)(=O)c2cccc3c(N(C)C)cccc23)CC1. The van der Waals surface area contributed by atoms with Crippen LogP contribution in [0.25, 0.3) is 10.8 Å². The van der Waals surface area contributed by atoms with Gasteiger partial charge in [0.1, 0.15) is 11.5 Å². The Morgan fingerprint density at radius 3 is 2.21 bits per heavy atom. The second-order valence-corrected chi connectivity index (χ2v) is 13.0. The van der Waals surface area contributed by atoms with E-state index in [0.29, 0.717) is 24.2 Å². The highest BCUT2D eigenvalue weighted by Crippen LogP contribution is 2.31. The Labute approximate surface area is 205 Å². The first kappa shape index (κ1) is 26.3. The van der Waals surface area contributed by atoms with E-state index in [4.69, 9.17) is 0 Å².